The number of carboxylic acid groups (broad SMARTS) is 1. The Kier molecular flexibility index (Phi) is 15.0. The van der Waals surface area contributed by atoms with Crippen molar-refractivity contribution in [2.24, 2.45) is 5.92 Å². The highest BCUT2D eigenvalue weighted by Gasteiger charge is 2.22. The molecule has 2 N–H and O–H groups in total. The lowest BCUT2D eigenvalue weighted by Gasteiger charge is -2.36. The molecule has 206 valence electrons. The van der Waals surface area contributed by atoms with Crippen LogP contribution < -0.4 is 10.2 Å². The average molecular weight is 518 g/mol. The lowest BCUT2D eigenvalue weighted by atomic mass is 10.00. The number of carboxylic acids is 1. The fourth-order valence-corrected chi connectivity index (χ4v) is 4.09. The molecule has 0 saturated carbocycles. The Balaban J connectivity index is 0.000000519. The van der Waals surface area contributed by atoms with Crippen molar-refractivity contribution < 1.29 is 29.1 Å². The Bertz CT molecular complexity index is 909. The van der Waals surface area contributed by atoms with E-state index < -0.39 is 5.97 Å². The monoisotopic (exact) mass is 517 g/mol. The third kappa shape index (κ3) is 11.2. The molecular formula is C28H43N3O6. The lowest BCUT2D eigenvalue weighted by molar-refractivity contribution is -0.137. The first kappa shape index (κ1) is 32.0. The van der Waals surface area contributed by atoms with Gasteiger partial charge in [0.2, 0.25) is 11.8 Å². The second-order valence-electron chi connectivity index (χ2n) is 9.09. The zero-order chi connectivity index (χ0) is 27.8. The smallest absolute Gasteiger partial charge is 0.303 e. The number of unbranched alkanes of at least 4 members (excludes halogenated alkanes) is 1. The van der Waals surface area contributed by atoms with Gasteiger partial charge < -0.3 is 10.0 Å². The molecular weight excluding hydrogens is 474 g/mol. The number of anilines is 1. The summed E-state index contributed by atoms with van der Waals surface area (Å²) < 4.78 is 0. The highest BCUT2D eigenvalue weighted by molar-refractivity contribution is 6.03. The number of benzene rings is 1. The van der Waals surface area contributed by atoms with E-state index in [1.54, 1.807) is 6.07 Å². The molecule has 3 rings (SSSR count). The van der Waals surface area contributed by atoms with Crippen LogP contribution in [0, 0.1) is 5.92 Å². The van der Waals surface area contributed by atoms with Gasteiger partial charge in [0.1, 0.15) is 0 Å². The molecule has 2 amide bonds. The minimum Gasteiger partial charge on any atom is -0.481 e. The van der Waals surface area contributed by atoms with Crippen molar-refractivity contribution in [1.29, 1.82) is 0 Å². The molecule has 1 atom stereocenters. The van der Waals surface area contributed by atoms with Crippen molar-refractivity contribution in [3.63, 3.8) is 0 Å². The third-order valence-electron chi connectivity index (χ3n) is 6.31. The number of piperidine rings is 1. The van der Waals surface area contributed by atoms with Crippen LogP contribution in [0.2, 0.25) is 0 Å². The number of Topliss-reactive ketones (excluding diaryl/α,β-unsaturated/α-hetero) is 1. The van der Waals surface area contributed by atoms with Gasteiger partial charge in [0, 0.05) is 68.2 Å². The molecule has 2 aliphatic heterocycles. The summed E-state index contributed by atoms with van der Waals surface area (Å²) in [6.07, 6.45) is 5.01. The summed E-state index contributed by atoms with van der Waals surface area (Å²) in [6, 6.07) is 5.50. The van der Waals surface area contributed by atoms with Crippen LogP contribution in [-0.2, 0) is 14.4 Å². The number of carbonyl (C=O) groups is 5. The fourth-order valence-electron chi connectivity index (χ4n) is 4.09. The summed E-state index contributed by atoms with van der Waals surface area (Å²) in [4.78, 5) is 59.8. The van der Waals surface area contributed by atoms with Gasteiger partial charge in [-0.1, -0.05) is 27.7 Å². The van der Waals surface area contributed by atoms with Gasteiger partial charge >= 0.3 is 5.97 Å². The van der Waals surface area contributed by atoms with Crippen LogP contribution >= 0.6 is 0 Å². The molecule has 0 radical (unpaired) electrons. The number of rotatable bonds is 10. The number of carbonyl (C=O) groups excluding carboxylic acids is 4. The predicted molar refractivity (Wildman–Crippen MR) is 144 cm³/mol. The van der Waals surface area contributed by atoms with Crippen molar-refractivity contribution >= 4 is 35.5 Å². The number of ketones is 1. The molecule has 0 aliphatic carbocycles. The molecule has 1 aromatic rings. The van der Waals surface area contributed by atoms with E-state index in [0.717, 1.165) is 57.5 Å². The van der Waals surface area contributed by atoms with Crippen molar-refractivity contribution in [3.05, 3.63) is 29.3 Å². The normalized spacial score (nSPS) is 17.5. The fraction of sp³-hybridized carbons (Fsp3) is 0.607. The maximum Gasteiger partial charge on any atom is 0.303 e. The molecule has 2 aliphatic rings. The molecule has 2 saturated heterocycles. The Hall–Kier alpha value is -3.07. The maximum atomic E-state index is 12.3. The van der Waals surface area contributed by atoms with Crippen LogP contribution in [-0.4, -0.2) is 72.6 Å². The minimum atomic E-state index is -0.734. The Morgan fingerprint density at radius 1 is 1.08 bits per heavy atom. The van der Waals surface area contributed by atoms with Gasteiger partial charge in [-0.3, -0.25) is 34.2 Å². The molecule has 9 nitrogen and oxygen atoms in total. The van der Waals surface area contributed by atoms with Crippen molar-refractivity contribution in [1.82, 2.24) is 10.2 Å². The quantitative estimate of drug-likeness (QED) is 0.207. The summed E-state index contributed by atoms with van der Waals surface area (Å²) in [7, 11) is 0. The van der Waals surface area contributed by atoms with E-state index in [0.29, 0.717) is 36.8 Å². The first-order chi connectivity index (χ1) is 17.7. The van der Waals surface area contributed by atoms with E-state index in [1.165, 1.54) is 0 Å². The van der Waals surface area contributed by atoms with Gasteiger partial charge in [-0.25, -0.2) is 0 Å². The number of piperazine rings is 1. The van der Waals surface area contributed by atoms with E-state index in [-0.39, 0.29) is 29.9 Å². The van der Waals surface area contributed by atoms with Crippen LogP contribution in [0.15, 0.2) is 18.2 Å². The zero-order valence-electron chi connectivity index (χ0n) is 22.8. The Morgan fingerprint density at radius 3 is 2.30 bits per heavy atom. The van der Waals surface area contributed by atoms with Gasteiger partial charge in [-0.05, 0) is 50.4 Å². The van der Waals surface area contributed by atoms with Crippen LogP contribution in [0.5, 0.6) is 0 Å². The molecule has 2 heterocycles. The topological polar surface area (TPSA) is 124 Å². The number of aliphatic carboxylic acids is 1. The van der Waals surface area contributed by atoms with E-state index in [1.807, 2.05) is 39.8 Å². The molecule has 0 aromatic heterocycles. The predicted octanol–water partition coefficient (Wildman–Crippen LogP) is 3.94. The van der Waals surface area contributed by atoms with Gasteiger partial charge in [0.25, 0.3) is 0 Å². The number of imide groups is 1. The zero-order valence-corrected chi connectivity index (χ0v) is 22.8. The number of nitrogens with zero attached hydrogens (tertiary/aromatic N) is 2. The first-order valence-electron chi connectivity index (χ1n) is 13.4. The largest absolute Gasteiger partial charge is 0.481 e. The number of aldehydes is 1. The van der Waals surface area contributed by atoms with Crippen LogP contribution in [0.25, 0.3) is 0 Å². The van der Waals surface area contributed by atoms with E-state index in [4.69, 9.17) is 5.11 Å². The SMILES string of the molecule is CC.CC1CCC(=O)NC1=O.CCCC(=O)c1cc(N2CCN(CCCCC(=O)O)CC2)ccc1C=O. The van der Waals surface area contributed by atoms with Gasteiger partial charge in [0.15, 0.2) is 12.1 Å². The Morgan fingerprint density at radius 2 is 1.76 bits per heavy atom. The molecule has 37 heavy (non-hydrogen) atoms. The molecule has 1 aromatic carbocycles. The summed E-state index contributed by atoms with van der Waals surface area (Å²) in [5.41, 5.74) is 1.97. The van der Waals surface area contributed by atoms with E-state index in [2.05, 4.69) is 15.1 Å². The first-order valence-corrected chi connectivity index (χ1v) is 13.4. The van der Waals surface area contributed by atoms with Gasteiger partial charge in [-0.2, -0.15) is 0 Å². The lowest BCUT2D eigenvalue weighted by Crippen LogP contribution is -2.46. The second kappa shape index (κ2) is 17.4. The van der Waals surface area contributed by atoms with Crippen molar-refractivity contribution in [3.8, 4) is 0 Å². The summed E-state index contributed by atoms with van der Waals surface area (Å²) in [6.45, 7) is 12.3. The number of hydrogen-bond donors (Lipinski definition) is 2. The molecule has 1 unspecified atom stereocenters. The summed E-state index contributed by atoms with van der Waals surface area (Å²) in [5.74, 6) is -0.970. The van der Waals surface area contributed by atoms with Gasteiger partial charge in [0.05, 0.1) is 0 Å². The average Bonchev–Trinajstić information content (AvgIpc) is 2.90. The Labute approximate surface area is 220 Å². The maximum absolute atomic E-state index is 12.3. The number of amides is 2. The standard InChI is InChI=1S/C20H28N2O4.C6H9NO2.C2H6/c1-2-5-19(24)18-14-17(8-7-16(18)15-23)22-12-10-21(11-13-22)9-4-3-6-20(25)26;1-4-2-3-5(8)7-6(4)9;1-2/h7-8,14-15H,2-6,9-13H2,1H3,(H,25,26);4H,2-3H2,1H3,(H,7,8,9);1-2H3. The van der Waals surface area contributed by atoms with E-state index in [9.17, 15) is 24.0 Å². The number of hydrogen-bond acceptors (Lipinski definition) is 7. The highest BCUT2D eigenvalue weighted by Crippen LogP contribution is 2.22. The van der Waals surface area contributed by atoms with Gasteiger partial charge in [-0.15, -0.1) is 0 Å². The minimum absolute atomic E-state index is 0.0164. The highest BCUT2D eigenvalue weighted by atomic mass is 16.4. The summed E-state index contributed by atoms with van der Waals surface area (Å²) >= 11 is 0. The third-order valence-corrected chi connectivity index (χ3v) is 6.31. The second-order valence-corrected chi connectivity index (χ2v) is 9.09. The summed E-state index contributed by atoms with van der Waals surface area (Å²) in [5, 5.41) is 10.9. The van der Waals surface area contributed by atoms with Crippen LogP contribution in [0.1, 0.15) is 93.4 Å². The van der Waals surface area contributed by atoms with E-state index >= 15 is 0 Å². The van der Waals surface area contributed by atoms with Crippen LogP contribution in [0.3, 0.4) is 0 Å². The van der Waals surface area contributed by atoms with Crippen LogP contribution in [0.4, 0.5) is 5.69 Å². The van der Waals surface area contributed by atoms with Crippen molar-refractivity contribution in [2.45, 2.75) is 72.6 Å². The molecule has 0 spiro atoms. The molecule has 9 heteroatoms. The van der Waals surface area contributed by atoms with Crippen molar-refractivity contribution in [2.75, 3.05) is 37.6 Å². The molecule has 0 bridgehead atoms. The molecule has 2 fully saturated rings. The number of nitrogens with one attached hydrogen (secondary N) is 1.